The van der Waals surface area contributed by atoms with Gasteiger partial charge in [0.05, 0.1) is 12.0 Å². The van der Waals surface area contributed by atoms with Crippen LogP contribution in [0.25, 0.3) is 0 Å². The highest BCUT2D eigenvalue weighted by atomic mass is 16.4. The molecular weight excluding hydrogens is 198 g/mol. The van der Waals surface area contributed by atoms with Crippen molar-refractivity contribution in [1.29, 1.82) is 0 Å². The number of carbonyl (C=O) groups is 2. The normalized spacial score (nSPS) is 10.2. The van der Waals surface area contributed by atoms with E-state index in [9.17, 15) is 9.59 Å². The molecule has 0 saturated carbocycles. The molecular formula is C10H13NO4. The summed E-state index contributed by atoms with van der Waals surface area (Å²) in [6.07, 6.45) is 2.19. The predicted molar refractivity (Wildman–Crippen MR) is 53.0 cm³/mol. The van der Waals surface area contributed by atoms with Crippen molar-refractivity contribution < 1.29 is 19.8 Å². The standard InChI is InChI=1S/C10H13NO4/c1-2-4-11-5-3-7(10(14)15)8(11)6-9(12)13/h3,5H,2,4,6H2,1H3,(H,12,13)(H,14,15). The third-order valence-corrected chi connectivity index (χ3v) is 2.09. The lowest BCUT2D eigenvalue weighted by Gasteiger charge is -2.06. The van der Waals surface area contributed by atoms with E-state index in [0.717, 1.165) is 6.42 Å². The molecule has 1 aromatic rings. The average Bonchev–Trinajstić information content (AvgIpc) is 2.48. The molecule has 0 bridgehead atoms. The maximum absolute atomic E-state index is 10.8. The van der Waals surface area contributed by atoms with E-state index in [-0.39, 0.29) is 12.0 Å². The lowest BCUT2D eigenvalue weighted by molar-refractivity contribution is -0.136. The Hall–Kier alpha value is -1.78. The van der Waals surface area contributed by atoms with Gasteiger partial charge in [-0.2, -0.15) is 0 Å². The number of rotatable bonds is 5. The van der Waals surface area contributed by atoms with Crippen LogP contribution in [-0.4, -0.2) is 26.7 Å². The summed E-state index contributed by atoms with van der Waals surface area (Å²) in [5.41, 5.74) is 0.433. The highest BCUT2D eigenvalue weighted by Crippen LogP contribution is 2.13. The van der Waals surface area contributed by atoms with E-state index in [1.54, 1.807) is 10.8 Å². The first-order valence-electron chi connectivity index (χ1n) is 4.69. The minimum absolute atomic E-state index is 0.0749. The molecule has 0 aliphatic rings. The zero-order chi connectivity index (χ0) is 11.4. The largest absolute Gasteiger partial charge is 0.481 e. The fourth-order valence-electron chi connectivity index (χ4n) is 1.49. The first-order chi connectivity index (χ1) is 7.06. The van der Waals surface area contributed by atoms with Gasteiger partial charge in [0, 0.05) is 18.4 Å². The molecule has 0 spiro atoms. The monoisotopic (exact) mass is 211 g/mol. The first-order valence-corrected chi connectivity index (χ1v) is 4.69. The summed E-state index contributed by atoms with van der Waals surface area (Å²) >= 11 is 0. The molecule has 0 radical (unpaired) electrons. The highest BCUT2D eigenvalue weighted by molar-refractivity contribution is 5.90. The summed E-state index contributed by atoms with van der Waals surface area (Å²) in [5.74, 6) is -2.10. The lowest BCUT2D eigenvalue weighted by atomic mass is 10.2. The van der Waals surface area contributed by atoms with Gasteiger partial charge >= 0.3 is 11.9 Å². The molecule has 0 aliphatic heterocycles. The molecule has 5 nitrogen and oxygen atoms in total. The Morgan fingerprint density at radius 2 is 2.07 bits per heavy atom. The molecule has 0 aromatic carbocycles. The second kappa shape index (κ2) is 4.63. The van der Waals surface area contributed by atoms with Gasteiger partial charge in [-0.1, -0.05) is 6.92 Å². The van der Waals surface area contributed by atoms with E-state index < -0.39 is 11.9 Å². The maximum atomic E-state index is 10.8. The van der Waals surface area contributed by atoms with Crippen molar-refractivity contribution in [1.82, 2.24) is 4.57 Å². The molecule has 0 fully saturated rings. The van der Waals surface area contributed by atoms with Crippen molar-refractivity contribution in [2.45, 2.75) is 26.3 Å². The molecule has 1 rings (SSSR count). The molecule has 0 unspecified atom stereocenters. The van der Waals surface area contributed by atoms with Crippen molar-refractivity contribution >= 4 is 11.9 Å². The number of carboxylic acids is 2. The Morgan fingerprint density at radius 3 is 2.53 bits per heavy atom. The smallest absolute Gasteiger partial charge is 0.337 e. The Balaban J connectivity index is 3.07. The van der Waals surface area contributed by atoms with Crippen LogP contribution >= 0.6 is 0 Å². The topological polar surface area (TPSA) is 79.5 Å². The van der Waals surface area contributed by atoms with Crippen LogP contribution in [0.2, 0.25) is 0 Å². The van der Waals surface area contributed by atoms with Crippen molar-refractivity contribution in [3.8, 4) is 0 Å². The van der Waals surface area contributed by atoms with E-state index in [4.69, 9.17) is 10.2 Å². The minimum Gasteiger partial charge on any atom is -0.481 e. The molecule has 2 N–H and O–H groups in total. The molecule has 82 valence electrons. The zero-order valence-corrected chi connectivity index (χ0v) is 8.43. The molecule has 15 heavy (non-hydrogen) atoms. The number of hydrogen-bond acceptors (Lipinski definition) is 2. The van der Waals surface area contributed by atoms with E-state index in [0.29, 0.717) is 12.2 Å². The number of aryl methyl sites for hydroxylation is 1. The van der Waals surface area contributed by atoms with Gasteiger partial charge in [0.15, 0.2) is 0 Å². The Labute approximate surface area is 87.0 Å². The lowest BCUT2D eigenvalue weighted by Crippen LogP contribution is -2.11. The van der Waals surface area contributed by atoms with Gasteiger partial charge < -0.3 is 14.8 Å². The van der Waals surface area contributed by atoms with Crippen LogP contribution in [0.5, 0.6) is 0 Å². The summed E-state index contributed by atoms with van der Waals surface area (Å²) < 4.78 is 1.68. The Bertz CT molecular complexity index is 381. The SMILES string of the molecule is CCCn1ccc(C(=O)O)c1CC(=O)O. The molecule has 1 heterocycles. The van der Waals surface area contributed by atoms with Crippen molar-refractivity contribution in [2.24, 2.45) is 0 Å². The van der Waals surface area contributed by atoms with Crippen molar-refractivity contribution in [3.05, 3.63) is 23.5 Å². The predicted octanol–water partition coefficient (Wildman–Crippen LogP) is 1.22. The van der Waals surface area contributed by atoms with E-state index in [1.165, 1.54) is 6.07 Å². The summed E-state index contributed by atoms with van der Waals surface area (Å²) in [4.78, 5) is 21.4. The number of aliphatic carboxylic acids is 1. The first kappa shape index (κ1) is 11.3. The van der Waals surface area contributed by atoms with Gasteiger partial charge in [0.25, 0.3) is 0 Å². The summed E-state index contributed by atoms with van der Waals surface area (Å²) in [6, 6.07) is 1.44. The minimum atomic E-state index is -1.08. The summed E-state index contributed by atoms with van der Waals surface area (Å²) in [6.45, 7) is 2.58. The van der Waals surface area contributed by atoms with E-state index >= 15 is 0 Å². The highest BCUT2D eigenvalue weighted by Gasteiger charge is 2.16. The second-order valence-electron chi connectivity index (χ2n) is 3.25. The number of carboxylic acid groups (broad SMARTS) is 2. The summed E-state index contributed by atoms with van der Waals surface area (Å²) in [5, 5.41) is 17.5. The van der Waals surface area contributed by atoms with Gasteiger partial charge in [-0.05, 0) is 12.5 Å². The van der Waals surface area contributed by atoms with Crippen LogP contribution in [-0.2, 0) is 17.8 Å². The second-order valence-corrected chi connectivity index (χ2v) is 3.25. The molecule has 1 aromatic heterocycles. The fraction of sp³-hybridized carbons (Fsp3) is 0.400. The third kappa shape index (κ3) is 2.59. The van der Waals surface area contributed by atoms with Gasteiger partial charge in [-0.15, -0.1) is 0 Å². The summed E-state index contributed by atoms with van der Waals surface area (Å²) in [7, 11) is 0. The van der Waals surface area contributed by atoms with Crippen LogP contribution in [0, 0.1) is 0 Å². The van der Waals surface area contributed by atoms with Gasteiger partial charge in [0.2, 0.25) is 0 Å². The Kier molecular flexibility index (Phi) is 3.49. The van der Waals surface area contributed by atoms with Crippen LogP contribution in [0.15, 0.2) is 12.3 Å². The maximum Gasteiger partial charge on any atom is 0.337 e. The third-order valence-electron chi connectivity index (χ3n) is 2.09. The van der Waals surface area contributed by atoms with E-state index in [2.05, 4.69) is 0 Å². The van der Waals surface area contributed by atoms with Crippen molar-refractivity contribution in [2.75, 3.05) is 0 Å². The molecule has 0 atom stereocenters. The van der Waals surface area contributed by atoms with E-state index in [1.807, 2.05) is 6.92 Å². The average molecular weight is 211 g/mol. The molecule has 0 saturated heterocycles. The zero-order valence-electron chi connectivity index (χ0n) is 8.43. The number of nitrogens with zero attached hydrogens (tertiary/aromatic N) is 1. The fourth-order valence-corrected chi connectivity index (χ4v) is 1.49. The van der Waals surface area contributed by atoms with Gasteiger partial charge in [-0.25, -0.2) is 4.79 Å². The van der Waals surface area contributed by atoms with Crippen LogP contribution in [0.1, 0.15) is 29.4 Å². The van der Waals surface area contributed by atoms with Crippen LogP contribution < -0.4 is 0 Å². The quantitative estimate of drug-likeness (QED) is 0.767. The van der Waals surface area contributed by atoms with Gasteiger partial charge in [-0.3, -0.25) is 4.79 Å². The Morgan fingerprint density at radius 1 is 1.40 bits per heavy atom. The van der Waals surface area contributed by atoms with Crippen LogP contribution in [0.4, 0.5) is 0 Å². The van der Waals surface area contributed by atoms with Gasteiger partial charge in [0.1, 0.15) is 0 Å². The number of hydrogen-bond donors (Lipinski definition) is 2. The van der Waals surface area contributed by atoms with Crippen molar-refractivity contribution in [3.63, 3.8) is 0 Å². The number of aromatic carboxylic acids is 1. The molecule has 0 aliphatic carbocycles. The molecule has 0 amide bonds. The van der Waals surface area contributed by atoms with Crippen LogP contribution in [0.3, 0.4) is 0 Å². The molecule has 5 heteroatoms. The number of aromatic nitrogens is 1.